The van der Waals surface area contributed by atoms with Crippen LogP contribution in [-0.2, 0) is 4.79 Å². The molecule has 5 rings (SSSR count). The molecule has 4 aromatic rings. The Morgan fingerprint density at radius 1 is 0.812 bits per heavy atom. The molecular formula is C27H26N2O2S. The molecule has 1 saturated carbocycles. The fraction of sp³-hybridized carbons (Fsp3) is 0.259. The Morgan fingerprint density at radius 2 is 1.41 bits per heavy atom. The predicted molar refractivity (Wildman–Crippen MR) is 132 cm³/mol. The third-order valence-corrected chi connectivity index (χ3v) is 7.29. The van der Waals surface area contributed by atoms with Crippen molar-refractivity contribution >= 4 is 51.1 Å². The number of para-hydroxylation sites is 2. The van der Waals surface area contributed by atoms with Gasteiger partial charge >= 0.3 is 0 Å². The van der Waals surface area contributed by atoms with Crippen LogP contribution < -0.4 is 5.32 Å². The molecule has 0 atom stereocenters. The van der Waals surface area contributed by atoms with Gasteiger partial charge < -0.3 is 5.32 Å². The minimum atomic E-state index is 0.0575. The van der Waals surface area contributed by atoms with E-state index in [1.807, 2.05) is 65.2 Å². The van der Waals surface area contributed by atoms with Crippen molar-refractivity contribution in [2.24, 2.45) is 5.92 Å². The molecule has 0 spiro atoms. The lowest BCUT2D eigenvalue weighted by atomic mass is 9.88. The van der Waals surface area contributed by atoms with Crippen molar-refractivity contribution in [2.45, 2.75) is 37.0 Å². The number of anilines is 1. The molecule has 0 saturated heterocycles. The third-order valence-electron chi connectivity index (χ3n) is 6.29. The van der Waals surface area contributed by atoms with Crippen LogP contribution in [0.2, 0.25) is 0 Å². The van der Waals surface area contributed by atoms with Crippen LogP contribution in [0.15, 0.2) is 77.7 Å². The maximum atomic E-state index is 13.2. The molecule has 0 unspecified atom stereocenters. The Labute approximate surface area is 192 Å². The van der Waals surface area contributed by atoms with Gasteiger partial charge in [-0.15, -0.1) is 11.8 Å². The van der Waals surface area contributed by atoms with Crippen LogP contribution >= 0.6 is 11.8 Å². The summed E-state index contributed by atoms with van der Waals surface area (Å²) in [7, 11) is 0. The van der Waals surface area contributed by atoms with Crippen molar-refractivity contribution in [2.75, 3.05) is 11.1 Å². The van der Waals surface area contributed by atoms with Gasteiger partial charge in [-0.3, -0.25) is 14.2 Å². The molecular weight excluding hydrogens is 416 g/mol. The summed E-state index contributed by atoms with van der Waals surface area (Å²) < 4.78 is 1.83. The number of carbonyl (C=O) groups is 2. The van der Waals surface area contributed by atoms with E-state index in [4.69, 9.17) is 0 Å². The lowest BCUT2D eigenvalue weighted by molar-refractivity contribution is -0.120. The van der Waals surface area contributed by atoms with Gasteiger partial charge in [-0.2, -0.15) is 0 Å². The third kappa shape index (κ3) is 4.17. The summed E-state index contributed by atoms with van der Waals surface area (Å²) in [6.45, 7) is 0. The van der Waals surface area contributed by atoms with E-state index in [2.05, 4.69) is 17.4 Å². The molecule has 0 bridgehead atoms. The Balaban J connectivity index is 1.27. The van der Waals surface area contributed by atoms with E-state index in [-0.39, 0.29) is 17.7 Å². The number of nitrogens with one attached hydrogen (secondary N) is 1. The highest BCUT2D eigenvalue weighted by Crippen LogP contribution is 2.30. The van der Waals surface area contributed by atoms with E-state index in [0.717, 1.165) is 58.1 Å². The first-order valence-electron chi connectivity index (χ1n) is 11.3. The fourth-order valence-electron chi connectivity index (χ4n) is 4.64. The van der Waals surface area contributed by atoms with Gasteiger partial charge in [-0.05, 0) is 49.2 Å². The minimum absolute atomic E-state index is 0.0575. The maximum absolute atomic E-state index is 13.2. The molecule has 4 nitrogen and oxygen atoms in total. The SMILES string of the molecule is O=C(Nc1ccc(SCC(=O)n2c3ccccc3c3ccccc32)cc1)C1CCCCC1. The Hall–Kier alpha value is -3.05. The highest BCUT2D eigenvalue weighted by Gasteiger charge is 2.21. The van der Waals surface area contributed by atoms with Crippen LogP contribution in [0.25, 0.3) is 21.8 Å². The molecule has 5 heteroatoms. The average molecular weight is 443 g/mol. The van der Waals surface area contributed by atoms with Gasteiger partial charge in [0.25, 0.3) is 0 Å². The number of aromatic nitrogens is 1. The van der Waals surface area contributed by atoms with Crippen LogP contribution in [0.1, 0.15) is 36.9 Å². The van der Waals surface area contributed by atoms with Gasteiger partial charge in [-0.25, -0.2) is 0 Å². The Kier molecular flexibility index (Phi) is 5.99. The number of thioether (sulfide) groups is 1. The second-order valence-electron chi connectivity index (χ2n) is 8.40. The largest absolute Gasteiger partial charge is 0.326 e. The molecule has 1 aliphatic carbocycles. The number of amides is 1. The molecule has 162 valence electrons. The number of carbonyl (C=O) groups excluding carboxylic acids is 2. The molecule has 1 aromatic heterocycles. The summed E-state index contributed by atoms with van der Waals surface area (Å²) in [5.41, 5.74) is 2.71. The lowest BCUT2D eigenvalue weighted by Crippen LogP contribution is -2.24. The molecule has 0 radical (unpaired) electrons. The number of benzene rings is 3. The van der Waals surface area contributed by atoms with Crippen LogP contribution in [0.4, 0.5) is 5.69 Å². The number of hydrogen-bond acceptors (Lipinski definition) is 3. The summed E-state index contributed by atoms with van der Waals surface area (Å²) in [5, 5.41) is 5.24. The van der Waals surface area contributed by atoms with E-state index in [0.29, 0.717) is 5.75 Å². The van der Waals surface area contributed by atoms with Gasteiger partial charge in [0.15, 0.2) is 0 Å². The van der Waals surface area contributed by atoms with E-state index in [1.165, 1.54) is 18.2 Å². The molecule has 3 aromatic carbocycles. The molecule has 1 aliphatic rings. The van der Waals surface area contributed by atoms with E-state index in [9.17, 15) is 9.59 Å². The first-order valence-corrected chi connectivity index (χ1v) is 12.2. The average Bonchev–Trinajstić information content (AvgIpc) is 3.18. The molecule has 1 N–H and O–H groups in total. The van der Waals surface area contributed by atoms with Crippen LogP contribution in [0.5, 0.6) is 0 Å². The van der Waals surface area contributed by atoms with Crippen molar-refractivity contribution in [1.82, 2.24) is 4.57 Å². The van der Waals surface area contributed by atoms with Gasteiger partial charge in [0.05, 0.1) is 16.8 Å². The van der Waals surface area contributed by atoms with Crippen molar-refractivity contribution in [3.63, 3.8) is 0 Å². The first-order chi connectivity index (χ1) is 15.7. The molecule has 0 aliphatic heterocycles. The van der Waals surface area contributed by atoms with Crippen LogP contribution in [-0.4, -0.2) is 22.1 Å². The Bertz CT molecular complexity index is 1220. The van der Waals surface area contributed by atoms with Gasteiger partial charge in [0.1, 0.15) is 0 Å². The van der Waals surface area contributed by atoms with Crippen molar-refractivity contribution < 1.29 is 9.59 Å². The van der Waals surface area contributed by atoms with Crippen molar-refractivity contribution in [3.05, 3.63) is 72.8 Å². The quantitative estimate of drug-likeness (QED) is 0.348. The molecule has 32 heavy (non-hydrogen) atoms. The predicted octanol–water partition coefficient (Wildman–Crippen LogP) is 6.75. The number of hydrogen-bond donors (Lipinski definition) is 1. The molecule has 1 fully saturated rings. The van der Waals surface area contributed by atoms with Gasteiger partial charge in [-0.1, -0.05) is 55.7 Å². The Morgan fingerprint density at radius 3 is 2.03 bits per heavy atom. The molecule has 1 heterocycles. The second kappa shape index (κ2) is 9.21. The summed E-state index contributed by atoms with van der Waals surface area (Å²) in [6, 6.07) is 23.9. The van der Waals surface area contributed by atoms with Gasteiger partial charge in [0.2, 0.25) is 11.8 Å². The van der Waals surface area contributed by atoms with Crippen LogP contribution in [0.3, 0.4) is 0 Å². The lowest BCUT2D eigenvalue weighted by Gasteiger charge is -2.20. The summed E-state index contributed by atoms with van der Waals surface area (Å²) in [6.07, 6.45) is 5.51. The summed E-state index contributed by atoms with van der Waals surface area (Å²) >= 11 is 1.52. The standard InChI is InChI=1S/C27H26N2O2S/c30-26(29-24-12-6-4-10-22(24)23-11-5-7-13-25(23)29)18-32-21-16-14-20(15-17-21)28-27(31)19-8-2-1-3-9-19/h4-7,10-17,19H,1-3,8-9,18H2,(H,28,31). The summed E-state index contributed by atoms with van der Waals surface area (Å²) in [5.74, 6) is 0.673. The smallest absolute Gasteiger partial charge is 0.241 e. The first kappa shape index (κ1) is 20.8. The highest BCUT2D eigenvalue weighted by molar-refractivity contribution is 8.00. The van der Waals surface area contributed by atoms with Crippen molar-refractivity contribution in [1.29, 1.82) is 0 Å². The number of fused-ring (bicyclic) bond motifs is 3. The van der Waals surface area contributed by atoms with E-state index >= 15 is 0 Å². The fourth-order valence-corrected chi connectivity index (χ4v) is 5.39. The van der Waals surface area contributed by atoms with E-state index < -0.39 is 0 Å². The van der Waals surface area contributed by atoms with Crippen LogP contribution in [0, 0.1) is 5.92 Å². The number of rotatable bonds is 5. The zero-order chi connectivity index (χ0) is 21.9. The summed E-state index contributed by atoms with van der Waals surface area (Å²) in [4.78, 5) is 26.6. The normalized spacial score (nSPS) is 14.6. The maximum Gasteiger partial charge on any atom is 0.241 e. The highest BCUT2D eigenvalue weighted by atomic mass is 32.2. The monoisotopic (exact) mass is 442 g/mol. The van der Waals surface area contributed by atoms with Crippen molar-refractivity contribution in [3.8, 4) is 0 Å². The topological polar surface area (TPSA) is 51.1 Å². The molecule has 1 amide bonds. The second-order valence-corrected chi connectivity index (χ2v) is 9.45. The minimum Gasteiger partial charge on any atom is -0.326 e. The van der Waals surface area contributed by atoms with Gasteiger partial charge in [0, 0.05) is 27.3 Å². The van der Waals surface area contributed by atoms with E-state index in [1.54, 1.807) is 0 Å². The number of nitrogens with zero attached hydrogens (tertiary/aromatic N) is 1. The zero-order valence-electron chi connectivity index (χ0n) is 17.9. The zero-order valence-corrected chi connectivity index (χ0v) is 18.7.